The van der Waals surface area contributed by atoms with Crippen LogP contribution in [0.1, 0.15) is 51.0 Å². The Morgan fingerprint density at radius 3 is 3.12 bits per heavy atom. The molecule has 4 fully saturated rings. The van der Waals surface area contributed by atoms with Crippen LogP contribution in [0.4, 0.5) is 11.4 Å². The van der Waals surface area contributed by atoms with Gasteiger partial charge in [0, 0.05) is 41.7 Å². The Bertz CT molecular complexity index is 1050. The first kappa shape index (κ1) is 19.3. The highest BCUT2D eigenvalue weighted by atomic mass is 16.5. The molecule has 168 valence electrons. The second-order valence-corrected chi connectivity index (χ2v) is 10.6. The molecular weight excluding hydrogens is 402 g/mol. The highest BCUT2D eigenvalue weighted by Crippen LogP contribution is 2.65. The average molecular weight is 434 g/mol. The third kappa shape index (κ3) is 2.32. The lowest BCUT2D eigenvalue weighted by molar-refractivity contribution is -0.132. The van der Waals surface area contributed by atoms with Gasteiger partial charge >= 0.3 is 0 Å². The molecule has 5 aliphatic heterocycles. The van der Waals surface area contributed by atoms with Gasteiger partial charge < -0.3 is 15.0 Å². The van der Waals surface area contributed by atoms with Crippen molar-refractivity contribution >= 4 is 23.2 Å². The zero-order valence-corrected chi connectivity index (χ0v) is 18.7. The Balaban J connectivity index is 1.36. The molecule has 3 saturated heterocycles. The molecule has 2 amide bonds. The molecule has 32 heavy (non-hydrogen) atoms. The Labute approximate surface area is 189 Å². The Hall–Kier alpha value is -2.18. The standard InChI is InChI=1S/C26H31N3O3/c1-2-3-4-22(30)27-16-5-6-19-18(11-16)26-8-9-28-14-15-7-10-32-20-13-23(31)29(19)25(26)24(20)17(15)12-21(26)28/h5-7,11,17,20-21,24-25H,2-4,8-10,12-14H2,1H3,(H,27,30)/t17-,20-,21-,24-,25-,26+/m0/s1. The second-order valence-electron chi connectivity index (χ2n) is 10.6. The van der Waals surface area contributed by atoms with E-state index in [1.54, 1.807) is 5.57 Å². The number of fused-ring (bicyclic) bond motifs is 2. The fraction of sp³-hybridized carbons (Fsp3) is 0.615. The Morgan fingerprint density at radius 1 is 1.34 bits per heavy atom. The molecule has 6 atom stereocenters. The van der Waals surface area contributed by atoms with Crippen molar-refractivity contribution in [3.63, 3.8) is 0 Å². The fourth-order valence-electron chi connectivity index (χ4n) is 8.19. The minimum Gasteiger partial charge on any atom is -0.373 e. The highest BCUT2D eigenvalue weighted by Gasteiger charge is 2.71. The van der Waals surface area contributed by atoms with Crippen LogP contribution >= 0.6 is 0 Å². The van der Waals surface area contributed by atoms with Gasteiger partial charge in [-0.25, -0.2) is 0 Å². The van der Waals surface area contributed by atoms with Crippen molar-refractivity contribution in [1.29, 1.82) is 0 Å². The minimum absolute atomic E-state index is 0.0232. The lowest BCUT2D eigenvalue weighted by Gasteiger charge is -2.58. The molecule has 7 rings (SSSR count). The van der Waals surface area contributed by atoms with Gasteiger partial charge in [-0.05, 0) is 55.5 Å². The van der Waals surface area contributed by atoms with Gasteiger partial charge in [-0.3, -0.25) is 14.5 Å². The monoisotopic (exact) mass is 433 g/mol. The van der Waals surface area contributed by atoms with Crippen LogP contribution < -0.4 is 10.2 Å². The number of ether oxygens (including phenoxy) is 1. The van der Waals surface area contributed by atoms with Crippen molar-refractivity contribution in [2.24, 2.45) is 11.8 Å². The van der Waals surface area contributed by atoms with Crippen LogP contribution in [0.15, 0.2) is 29.8 Å². The van der Waals surface area contributed by atoms with Gasteiger partial charge in [0.2, 0.25) is 11.8 Å². The second kappa shape index (κ2) is 6.67. The van der Waals surface area contributed by atoms with Crippen LogP contribution in [0.2, 0.25) is 0 Å². The van der Waals surface area contributed by atoms with Gasteiger partial charge in [-0.1, -0.05) is 25.0 Å². The van der Waals surface area contributed by atoms with E-state index in [0.29, 0.717) is 37.3 Å². The van der Waals surface area contributed by atoms with Crippen LogP contribution in [0.5, 0.6) is 0 Å². The summed E-state index contributed by atoms with van der Waals surface area (Å²) in [5.41, 5.74) is 4.73. The number of benzene rings is 1. The maximum atomic E-state index is 13.5. The van der Waals surface area contributed by atoms with E-state index in [9.17, 15) is 9.59 Å². The molecule has 1 aromatic carbocycles. The third-order valence-electron chi connectivity index (χ3n) is 9.35. The number of hydrogen-bond acceptors (Lipinski definition) is 4. The number of nitrogens with one attached hydrogen (secondary N) is 1. The van der Waals surface area contributed by atoms with E-state index in [-0.39, 0.29) is 29.4 Å². The largest absolute Gasteiger partial charge is 0.373 e. The van der Waals surface area contributed by atoms with Crippen molar-refractivity contribution in [2.45, 2.75) is 69.1 Å². The molecule has 6 aliphatic rings. The van der Waals surface area contributed by atoms with Crippen molar-refractivity contribution in [3.05, 3.63) is 35.4 Å². The normalized spacial score (nSPS) is 38.3. The number of carbonyl (C=O) groups is 2. The number of amides is 2. The molecule has 2 bridgehead atoms. The Kier molecular flexibility index (Phi) is 4.02. The number of hydrogen-bond donors (Lipinski definition) is 1. The van der Waals surface area contributed by atoms with E-state index in [1.165, 1.54) is 12.0 Å². The summed E-state index contributed by atoms with van der Waals surface area (Å²) in [7, 11) is 0. The van der Waals surface area contributed by atoms with Crippen LogP contribution in [0.25, 0.3) is 0 Å². The van der Waals surface area contributed by atoms with Gasteiger partial charge in [0.15, 0.2) is 0 Å². The number of unbranched alkanes of at least 4 members (excludes halogenated alkanes) is 1. The van der Waals surface area contributed by atoms with Crippen LogP contribution in [0.3, 0.4) is 0 Å². The molecule has 1 saturated carbocycles. The molecule has 1 aromatic rings. The predicted octanol–water partition coefficient (Wildman–Crippen LogP) is 3.22. The van der Waals surface area contributed by atoms with Crippen LogP contribution in [0, 0.1) is 11.8 Å². The van der Waals surface area contributed by atoms with E-state index < -0.39 is 0 Å². The summed E-state index contributed by atoms with van der Waals surface area (Å²) in [6.07, 6.45) is 7.54. The summed E-state index contributed by atoms with van der Waals surface area (Å²) >= 11 is 0. The molecule has 1 N–H and O–H groups in total. The Morgan fingerprint density at radius 2 is 2.25 bits per heavy atom. The molecule has 6 nitrogen and oxygen atoms in total. The van der Waals surface area contributed by atoms with Gasteiger partial charge in [0.25, 0.3) is 0 Å². The average Bonchev–Trinajstić information content (AvgIpc) is 3.25. The lowest BCUT2D eigenvalue weighted by atomic mass is 9.53. The predicted molar refractivity (Wildman–Crippen MR) is 122 cm³/mol. The van der Waals surface area contributed by atoms with E-state index in [1.807, 2.05) is 6.07 Å². The minimum atomic E-state index is -0.0474. The highest BCUT2D eigenvalue weighted by molar-refractivity contribution is 6.00. The maximum Gasteiger partial charge on any atom is 0.229 e. The quantitative estimate of drug-likeness (QED) is 0.741. The number of anilines is 2. The molecule has 1 aliphatic carbocycles. The van der Waals surface area contributed by atoms with Gasteiger partial charge in [0.1, 0.15) is 0 Å². The van der Waals surface area contributed by atoms with E-state index in [4.69, 9.17) is 4.74 Å². The van der Waals surface area contributed by atoms with Gasteiger partial charge in [0.05, 0.1) is 25.2 Å². The van der Waals surface area contributed by atoms with Crippen molar-refractivity contribution in [3.8, 4) is 0 Å². The summed E-state index contributed by atoms with van der Waals surface area (Å²) in [6.45, 7) is 4.87. The summed E-state index contributed by atoms with van der Waals surface area (Å²) in [5, 5.41) is 3.13. The molecule has 5 heterocycles. The summed E-state index contributed by atoms with van der Waals surface area (Å²) < 4.78 is 6.31. The van der Waals surface area contributed by atoms with E-state index in [2.05, 4.69) is 40.2 Å². The van der Waals surface area contributed by atoms with Crippen molar-refractivity contribution in [2.75, 3.05) is 29.9 Å². The first-order valence-electron chi connectivity index (χ1n) is 12.4. The topological polar surface area (TPSA) is 61.9 Å². The molecule has 0 radical (unpaired) electrons. The van der Waals surface area contributed by atoms with Crippen molar-refractivity contribution < 1.29 is 14.3 Å². The smallest absolute Gasteiger partial charge is 0.229 e. The van der Waals surface area contributed by atoms with E-state index >= 15 is 0 Å². The molecule has 1 spiro atoms. The van der Waals surface area contributed by atoms with E-state index in [0.717, 1.165) is 43.7 Å². The van der Waals surface area contributed by atoms with Gasteiger partial charge in [-0.2, -0.15) is 0 Å². The SMILES string of the molecule is CCCCC(=O)Nc1ccc2c(c1)[C@@]13CCN4CC5=CCO[C@H]6CC(=O)N2[C@H]1[C@H]6[C@H]5C[C@H]43. The number of rotatable bonds is 4. The third-order valence-corrected chi connectivity index (χ3v) is 9.35. The number of carbonyl (C=O) groups excluding carboxylic acids is 2. The number of nitrogens with zero attached hydrogens (tertiary/aromatic N) is 2. The first-order chi connectivity index (χ1) is 15.6. The molecule has 0 aromatic heterocycles. The zero-order valence-electron chi connectivity index (χ0n) is 18.7. The number of piperidine rings is 2. The molecule has 0 unspecified atom stereocenters. The van der Waals surface area contributed by atoms with Crippen LogP contribution in [-0.4, -0.2) is 54.6 Å². The molecular formula is C26H31N3O3. The maximum absolute atomic E-state index is 13.5. The summed E-state index contributed by atoms with van der Waals surface area (Å²) in [5.74, 6) is 1.18. The summed E-state index contributed by atoms with van der Waals surface area (Å²) in [4.78, 5) is 30.7. The van der Waals surface area contributed by atoms with Gasteiger partial charge in [-0.15, -0.1) is 0 Å². The lowest BCUT2D eigenvalue weighted by Crippen LogP contribution is -2.69. The summed E-state index contributed by atoms with van der Waals surface area (Å²) in [6, 6.07) is 6.92. The van der Waals surface area contributed by atoms with Crippen molar-refractivity contribution in [1.82, 2.24) is 4.90 Å². The fourth-order valence-corrected chi connectivity index (χ4v) is 8.19. The first-order valence-corrected chi connectivity index (χ1v) is 12.4. The van der Waals surface area contributed by atoms with Crippen LogP contribution in [-0.2, 0) is 19.7 Å². The molecule has 6 heteroatoms. The zero-order chi connectivity index (χ0) is 21.6.